The van der Waals surface area contributed by atoms with Gasteiger partial charge in [0.2, 0.25) is 11.8 Å². The smallest absolute Gasteiger partial charge is 0.269 e. The predicted octanol–water partition coefficient (Wildman–Crippen LogP) is 5.94. The Labute approximate surface area is 291 Å². The molecule has 0 spiro atoms. The first-order valence-corrected chi connectivity index (χ1v) is 16.6. The van der Waals surface area contributed by atoms with E-state index in [9.17, 15) is 29.6 Å². The number of aryl methyl sites for hydroxylation is 1. The van der Waals surface area contributed by atoms with Gasteiger partial charge < -0.3 is 5.11 Å². The van der Waals surface area contributed by atoms with Gasteiger partial charge in [-0.05, 0) is 73.2 Å². The van der Waals surface area contributed by atoms with Crippen molar-refractivity contribution in [1.29, 1.82) is 0 Å². The summed E-state index contributed by atoms with van der Waals surface area (Å²) in [6, 6.07) is 25.1. The molecule has 2 aliphatic heterocycles. The highest BCUT2D eigenvalue weighted by Gasteiger charge is 2.70. The van der Waals surface area contributed by atoms with Crippen molar-refractivity contribution in [2.24, 2.45) is 23.7 Å². The monoisotopic (exact) mass is 686 g/mol. The van der Waals surface area contributed by atoms with Crippen molar-refractivity contribution in [3.8, 4) is 5.75 Å². The second-order valence-electron chi connectivity index (χ2n) is 13.6. The SMILES string of the molecule is Cc1ccc(NN2C(=O)[C@@H]3C[C@@H]4C(=CC[C@@H]5C(=O)N(c6ccc([N+](=O)[O-])cc6)C(=O)[C@@H]54)[C@H](c4ccc(O)c(F)c4)[C@]3(c3ccccc3)C2=O)cc1. The zero-order valence-corrected chi connectivity index (χ0v) is 27.2. The van der Waals surface area contributed by atoms with Crippen LogP contribution >= 0.6 is 0 Å². The molecule has 6 atom stereocenters. The van der Waals surface area contributed by atoms with E-state index in [1.807, 2.05) is 25.1 Å². The number of nitro benzene ring substituents is 1. The second kappa shape index (κ2) is 11.7. The van der Waals surface area contributed by atoms with Crippen LogP contribution in [0.1, 0.15) is 35.4 Å². The van der Waals surface area contributed by atoms with Crippen molar-refractivity contribution >= 4 is 40.7 Å². The fourth-order valence-electron chi connectivity index (χ4n) is 8.80. The molecular weight excluding hydrogens is 655 g/mol. The van der Waals surface area contributed by atoms with E-state index in [4.69, 9.17) is 0 Å². The number of anilines is 2. The molecule has 4 aliphatic rings. The van der Waals surface area contributed by atoms with E-state index < -0.39 is 75.1 Å². The Hall–Kier alpha value is -6.17. The Morgan fingerprint density at radius 2 is 1.59 bits per heavy atom. The molecule has 1 saturated carbocycles. The molecule has 4 aromatic carbocycles. The lowest BCUT2D eigenvalue weighted by molar-refractivity contribution is -0.384. The number of hydrogen-bond acceptors (Lipinski definition) is 8. The van der Waals surface area contributed by atoms with Gasteiger partial charge in [0.25, 0.3) is 17.5 Å². The molecule has 0 radical (unpaired) electrons. The van der Waals surface area contributed by atoms with Crippen molar-refractivity contribution in [1.82, 2.24) is 5.01 Å². The number of halogens is 1. The third-order valence-electron chi connectivity index (χ3n) is 11.0. The van der Waals surface area contributed by atoms with Crippen molar-refractivity contribution < 1.29 is 33.6 Å². The summed E-state index contributed by atoms with van der Waals surface area (Å²) in [6.45, 7) is 1.91. The van der Waals surface area contributed by atoms with Gasteiger partial charge in [0.05, 0.1) is 39.5 Å². The summed E-state index contributed by atoms with van der Waals surface area (Å²) in [5, 5.41) is 22.5. The molecular formula is C39H31FN4O7. The first-order chi connectivity index (χ1) is 24.5. The van der Waals surface area contributed by atoms with Gasteiger partial charge in [-0.1, -0.05) is 65.7 Å². The molecule has 0 unspecified atom stereocenters. The van der Waals surface area contributed by atoms with Gasteiger partial charge in [-0.15, -0.1) is 0 Å². The number of carbonyl (C=O) groups excluding carboxylic acids is 4. The van der Waals surface area contributed by atoms with E-state index >= 15 is 9.18 Å². The van der Waals surface area contributed by atoms with Crippen LogP contribution in [0.4, 0.5) is 21.5 Å². The average Bonchev–Trinajstić information content (AvgIpc) is 3.51. The van der Waals surface area contributed by atoms with Crippen molar-refractivity contribution in [3.05, 3.63) is 141 Å². The largest absolute Gasteiger partial charge is 0.505 e. The summed E-state index contributed by atoms with van der Waals surface area (Å²) in [5.41, 5.74) is 4.41. The maximum absolute atomic E-state index is 15.3. The summed E-state index contributed by atoms with van der Waals surface area (Å²) in [5.74, 6) is -7.92. The second-order valence-corrected chi connectivity index (χ2v) is 13.6. The van der Waals surface area contributed by atoms with Gasteiger partial charge in [0, 0.05) is 18.1 Å². The van der Waals surface area contributed by atoms with E-state index in [0.717, 1.165) is 21.5 Å². The molecule has 2 N–H and O–H groups in total. The Balaban J connectivity index is 1.29. The summed E-state index contributed by atoms with van der Waals surface area (Å²) in [7, 11) is 0. The number of allylic oxidation sites excluding steroid dienone is 2. The number of phenolic OH excluding ortho intramolecular Hbond substituents is 1. The molecule has 0 aromatic heterocycles. The first kappa shape index (κ1) is 32.1. The van der Waals surface area contributed by atoms with Crippen LogP contribution in [0.15, 0.2) is 109 Å². The summed E-state index contributed by atoms with van der Waals surface area (Å²) < 4.78 is 15.3. The number of rotatable bonds is 6. The van der Waals surface area contributed by atoms with Crippen molar-refractivity contribution in [2.75, 3.05) is 10.3 Å². The number of imide groups is 2. The average molecular weight is 687 g/mol. The van der Waals surface area contributed by atoms with Gasteiger partial charge in [-0.3, -0.25) is 39.6 Å². The number of phenols is 1. The minimum Gasteiger partial charge on any atom is -0.505 e. The van der Waals surface area contributed by atoms with Crippen LogP contribution in [-0.2, 0) is 24.6 Å². The van der Waals surface area contributed by atoms with E-state index in [0.29, 0.717) is 22.4 Å². The van der Waals surface area contributed by atoms with Crippen molar-refractivity contribution in [2.45, 2.75) is 31.1 Å². The summed E-state index contributed by atoms with van der Waals surface area (Å²) >= 11 is 0. The molecule has 12 heteroatoms. The minimum atomic E-state index is -1.58. The fourth-order valence-corrected chi connectivity index (χ4v) is 8.80. The minimum absolute atomic E-state index is 0.0444. The van der Waals surface area contributed by atoms with E-state index in [-0.39, 0.29) is 24.2 Å². The molecule has 2 heterocycles. The lowest BCUT2D eigenvalue weighted by Gasteiger charge is -2.50. The zero-order chi connectivity index (χ0) is 35.8. The number of nitrogens with zero attached hydrogens (tertiary/aromatic N) is 3. The zero-order valence-electron chi connectivity index (χ0n) is 27.2. The fraction of sp³-hybridized carbons (Fsp3) is 0.231. The highest BCUT2D eigenvalue weighted by molar-refractivity contribution is 6.22. The highest BCUT2D eigenvalue weighted by Crippen LogP contribution is 2.64. The maximum Gasteiger partial charge on any atom is 0.269 e. The maximum atomic E-state index is 15.3. The number of nitrogens with one attached hydrogen (secondary N) is 1. The van der Waals surface area contributed by atoms with Gasteiger partial charge in [-0.25, -0.2) is 4.39 Å². The predicted molar refractivity (Wildman–Crippen MR) is 182 cm³/mol. The summed E-state index contributed by atoms with van der Waals surface area (Å²) in [6.07, 6.45) is 2.04. The third-order valence-corrected chi connectivity index (χ3v) is 11.0. The molecule has 2 aliphatic carbocycles. The Kier molecular flexibility index (Phi) is 7.37. The molecule has 0 bridgehead atoms. The third kappa shape index (κ3) is 4.69. The molecule has 11 nitrogen and oxygen atoms in total. The van der Waals surface area contributed by atoms with Gasteiger partial charge in [0.15, 0.2) is 11.6 Å². The van der Waals surface area contributed by atoms with Gasteiger partial charge >= 0.3 is 0 Å². The van der Waals surface area contributed by atoms with E-state index in [1.165, 1.54) is 36.4 Å². The van der Waals surface area contributed by atoms with Crippen molar-refractivity contribution in [3.63, 3.8) is 0 Å². The number of hydrogen-bond donors (Lipinski definition) is 2. The standard InChI is InChI=1S/C39H31FN4O7/c1-21-7-10-24(11-8-21)41-43-36(47)30-20-29-27(16-17-28-33(29)37(48)42(35(28)46)25-12-14-26(15-13-25)44(50)51)34(22-9-18-32(45)31(40)19-22)39(30,38(43)49)23-5-3-2-4-6-23/h2-16,18-19,28-30,33-34,41,45H,17,20H2,1H3/t28-,29+,30-,33-,34-,39+/m0/s1. The number of benzene rings is 4. The molecule has 51 heavy (non-hydrogen) atoms. The van der Waals surface area contributed by atoms with Crippen LogP contribution in [0.5, 0.6) is 5.75 Å². The summed E-state index contributed by atoms with van der Waals surface area (Å²) in [4.78, 5) is 69.8. The first-order valence-electron chi connectivity index (χ1n) is 16.6. The van der Waals surface area contributed by atoms with Crippen LogP contribution in [0.2, 0.25) is 0 Å². The molecule has 256 valence electrons. The number of nitro groups is 1. The number of fused-ring (bicyclic) bond motifs is 4. The number of aromatic hydroxyl groups is 1. The Bertz CT molecular complexity index is 2170. The van der Waals surface area contributed by atoms with Gasteiger partial charge in [0.1, 0.15) is 0 Å². The quantitative estimate of drug-likeness (QED) is 0.110. The van der Waals surface area contributed by atoms with Crippen LogP contribution < -0.4 is 10.3 Å². The lowest BCUT2D eigenvalue weighted by atomic mass is 9.49. The molecule has 8 rings (SSSR count). The van der Waals surface area contributed by atoms with Gasteiger partial charge in [-0.2, -0.15) is 5.01 Å². The Morgan fingerprint density at radius 3 is 2.25 bits per heavy atom. The molecule has 2 saturated heterocycles. The van der Waals surface area contributed by atoms with E-state index in [2.05, 4.69) is 5.43 Å². The van der Waals surface area contributed by atoms with Crippen LogP contribution in [0.3, 0.4) is 0 Å². The molecule has 4 aromatic rings. The van der Waals surface area contributed by atoms with Crippen LogP contribution in [-0.4, -0.2) is 38.7 Å². The normalized spacial score (nSPS) is 26.8. The van der Waals surface area contributed by atoms with Crippen LogP contribution in [0.25, 0.3) is 0 Å². The number of carbonyl (C=O) groups is 4. The lowest BCUT2D eigenvalue weighted by Crippen LogP contribution is -2.53. The molecule has 3 fully saturated rings. The topological polar surface area (TPSA) is 150 Å². The Morgan fingerprint density at radius 1 is 0.882 bits per heavy atom. The van der Waals surface area contributed by atoms with Crippen LogP contribution in [0, 0.1) is 46.5 Å². The molecule has 4 amide bonds. The van der Waals surface area contributed by atoms with E-state index in [1.54, 1.807) is 42.5 Å². The number of non-ortho nitro benzene ring substituents is 1. The number of hydrazine groups is 1. The highest BCUT2D eigenvalue weighted by atomic mass is 19.1. The number of amides is 4.